The predicted octanol–water partition coefficient (Wildman–Crippen LogP) is 3.47. The Balaban J connectivity index is 2.78. The van der Waals surface area contributed by atoms with Crippen molar-refractivity contribution in [3.63, 3.8) is 0 Å². The molecular weight excluding hydrogens is 330 g/mol. The van der Waals surface area contributed by atoms with Crippen molar-refractivity contribution in [3.8, 4) is 11.5 Å². The van der Waals surface area contributed by atoms with E-state index in [0.29, 0.717) is 30.4 Å². The van der Waals surface area contributed by atoms with Gasteiger partial charge >= 0.3 is 6.09 Å². The van der Waals surface area contributed by atoms with Gasteiger partial charge in [0.15, 0.2) is 11.5 Å². The van der Waals surface area contributed by atoms with E-state index in [1.54, 1.807) is 33.1 Å². The van der Waals surface area contributed by atoms with Crippen LogP contribution in [0.5, 0.6) is 11.5 Å². The van der Waals surface area contributed by atoms with Crippen LogP contribution in [0.2, 0.25) is 0 Å². The molecule has 1 amide bonds. The van der Waals surface area contributed by atoms with Gasteiger partial charge in [0, 0.05) is 18.6 Å². The van der Waals surface area contributed by atoms with Gasteiger partial charge in [-0.15, -0.1) is 0 Å². The van der Waals surface area contributed by atoms with Gasteiger partial charge in [0.1, 0.15) is 5.60 Å². The number of carbonyl (C=O) groups is 1. The summed E-state index contributed by atoms with van der Waals surface area (Å²) < 4.78 is 21.1. The summed E-state index contributed by atoms with van der Waals surface area (Å²) in [6.45, 7) is 5.96. The second kappa shape index (κ2) is 9.64. The van der Waals surface area contributed by atoms with Gasteiger partial charge in [0.25, 0.3) is 0 Å². The SMILES string of the molecule is COCSc1cc(OC)c(OC)cc1CCNC(=O)OC(C)(C)C. The fraction of sp³-hybridized carbons (Fsp3) is 0.588. The van der Waals surface area contributed by atoms with E-state index in [1.807, 2.05) is 32.9 Å². The maximum atomic E-state index is 11.7. The molecule has 1 rings (SSSR count). The topological polar surface area (TPSA) is 66.0 Å². The Morgan fingerprint density at radius 3 is 2.29 bits per heavy atom. The first-order valence-electron chi connectivity index (χ1n) is 7.64. The van der Waals surface area contributed by atoms with Gasteiger partial charge in [0.05, 0.1) is 20.2 Å². The lowest BCUT2D eigenvalue weighted by molar-refractivity contribution is 0.0528. The molecular formula is C17H27NO5S. The van der Waals surface area contributed by atoms with Crippen molar-refractivity contribution < 1.29 is 23.7 Å². The van der Waals surface area contributed by atoms with Crippen LogP contribution in [0.3, 0.4) is 0 Å². The number of amides is 1. The van der Waals surface area contributed by atoms with Gasteiger partial charge in [-0.05, 0) is 44.9 Å². The first-order valence-corrected chi connectivity index (χ1v) is 8.62. The third-order valence-electron chi connectivity index (χ3n) is 2.96. The number of benzene rings is 1. The number of carbonyl (C=O) groups excluding carboxylic acids is 1. The third kappa shape index (κ3) is 6.88. The summed E-state index contributed by atoms with van der Waals surface area (Å²) in [5.74, 6) is 1.86. The van der Waals surface area contributed by atoms with Gasteiger partial charge in [-0.3, -0.25) is 0 Å². The van der Waals surface area contributed by atoms with E-state index in [9.17, 15) is 4.79 Å². The zero-order chi connectivity index (χ0) is 18.2. The minimum Gasteiger partial charge on any atom is -0.493 e. The van der Waals surface area contributed by atoms with Gasteiger partial charge in [-0.2, -0.15) is 0 Å². The molecule has 1 aromatic rings. The van der Waals surface area contributed by atoms with Crippen LogP contribution in [0.4, 0.5) is 4.79 Å². The number of rotatable bonds is 8. The molecule has 0 spiro atoms. The fourth-order valence-corrected chi connectivity index (χ4v) is 2.75. The van der Waals surface area contributed by atoms with Crippen LogP contribution in [0.15, 0.2) is 17.0 Å². The number of nitrogens with one attached hydrogen (secondary N) is 1. The van der Waals surface area contributed by atoms with E-state index in [2.05, 4.69) is 5.32 Å². The lowest BCUT2D eigenvalue weighted by atomic mass is 10.1. The zero-order valence-corrected chi connectivity index (χ0v) is 16.0. The van der Waals surface area contributed by atoms with Crippen molar-refractivity contribution in [3.05, 3.63) is 17.7 Å². The quantitative estimate of drug-likeness (QED) is 0.568. The summed E-state index contributed by atoms with van der Waals surface area (Å²) in [5.41, 5.74) is 0.540. The van der Waals surface area contributed by atoms with Crippen LogP contribution < -0.4 is 14.8 Å². The predicted molar refractivity (Wildman–Crippen MR) is 95.2 cm³/mol. The maximum absolute atomic E-state index is 11.7. The summed E-state index contributed by atoms with van der Waals surface area (Å²) in [6, 6.07) is 3.85. The molecule has 1 N–H and O–H groups in total. The van der Waals surface area contributed by atoms with Crippen LogP contribution in [-0.2, 0) is 15.9 Å². The first kappa shape index (κ1) is 20.4. The van der Waals surface area contributed by atoms with Crippen LogP contribution >= 0.6 is 11.8 Å². The van der Waals surface area contributed by atoms with Crippen LogP contribution in [0.25, 0.3) is 0 Å². The molecule has 1 aromatic carbocycles. The Hall–Kier alpha value is -1.60. The normalized spacial score (nSPS) is 11.1. The van der Waals surface area contributed by atoms with Crippen molar-refractivity contribution in [2.45, 2.75) is 37.7 Å². The zero-order valence-electron chi connectivity index (χ0n) is 15.2. The second-order valence-electron chi connectivity index (χ2n) is 6.04. The molecule has 136 valence electrons. The molecule has 0 saturated heterocycles. The van der Waals surface area contributed by atoms with Crippen molar-refractivity contribution >= 4 is 17.9 Å². The van der Waals surface area contributed by atoms with E-state index >= 15 is 0 Å². The molecule has 0 aliphatic heterocycles. The summed E-state index contributed by atoms with van der Waals surface area (Å²) in [6.07, 6.45) is 0.222. The molecule has 0 bridgehead atoms. The highest BCUT2D eigenvalue weighted by Crippen LogP contribution is 2.35. The van der Waals surface area contributed by atoms with Crippen molar-refractivity contribution in [2.75, 3.05) is 33.8 Å². The molecule has 0 aliphatic rings. The highest BCUT2D eigenvalue weighted by molar-refractivity contribution is 7.99. The van der Waals surface area contributed by atoms with Gasteiger partial charge in [-0.1, -0.05) is 11.8 Å². The van der Waals surface area contributed by atoms with Crippen LogP contribution in [0.1, 0.15) is 26.3 Å². The van der Waals surface area contributed by atoms with Crippen molar-refractivity contribution in [2.24, 2.45) is 0 Å². The summed E-state index contributed by atoms with van der Waals surface area (Å²) in [4.78, 5) is 12.8. The lowest BCUT2D eigenvalue weighted by Crippen LogP contribution is -2.33. The van der Waals surface area contributed by atoms with E-state index in [1.165, 1.54) is 0 Å². The highest BCUT2D eigenvalue weighted by Gasteiger charge is 2.16. The molecule has 0 aliphatic carbocycles. The molecule has 0 unspecified atom stereocenters. The summed E-state index contributed by atoms with van der Waals surface area (Å²) in [5, 5.41) is 2.76. The Kier molecular flexibility index (Phi) is 8.21. The molecule has 24 heavy (non-hydrogen) atoms. The van der Waals surface area contributed by atoms with Crippen LogP contribution in [-0.4, -0.2) is 45.5 Å². The minimum atomic E-state index is -0.507. The minimum absolute atomic E-state index is 0.422. The molecule has 0 heterocycles. The van der Waals surface area contributed by atoms with Gasteiger partial charge in [0.2, 0.25) is 0 Å². The number of alkyl carbamates (subject to hydrolysis) is 1. The van der Waals surface area contributed by atoms with E-state index in [-0.39, 0.29) is 0 Å². The average Bonchev–Trinajstić information content (AvgIpc) is 2.51. The highest BCUT2D eigenvalue weighted by atomic mass is 32.2. The van der Waals surface area contributed by atoms with E-state index < -0.39 is 11.7 Å². The largest absolute Gasteiger partial charge is 0.493 e. The number of thioether (sulfide) groups is 1. The van der Waals surface area contributed by atoms with Crippen molar-refractivity contribution in [1.82, 2.24) is 5.32 Å². The average molecular weight is 357 g/mol. The Bertz CT molecular complexity index is 543. The molecule has 0 saturated carbocycles. The number of hydrogen-bond donors (Lipinski definition) is 1. The first-order chi connectivity index (χ1) is 11.3. The third-order valence-corrected chi connectivity index (χ3v) is 4.01. The number of ether oxygens (including phenoxy) is 4. The molecule has 0 aromatic heterocycles. The lowest BCUT2D eigenvalue weighted by Gasteiger charge is -2.20. The maximum Gasteiger partial charge on any atom is 0.407 e. The monoisotopic (exact) mass is 357 g/mol. The fourth-order valence-electron chi connectivity index (χ4n) is 1.97. The Morgan fingerprint density at radius 2 is 1.75 bits per heavy atom. The van der Waals surface area contributed by atoms with Crippen molar-refractivity contribution in [1.29, 1.82) is 0 Å². The van der Waals surface area contributed by atoms with Gasteiger partial charge in [-0.25, -0.2) is 4.79 Å². The second-order valence-corrected chi connectivity index (χ2v) is 7.01. The molecule has 0 fully saturated rings. The summed E-state index contributed by atoms with van der Waals surface area (Å²) in [7, 11) is 4.85. The van der Waals surface area contributed by atoms with Gasteiger partial charge < -0.3 is 24.3 Å². The Labute approximate surface area is 148 Å². The molecule has 6 nitrogen and oxygen atoms in total. The van der Waals surface area contributed by atoms with E-state index in [4.69, 9.17) is 18.9 Å². The molecule has 7 heteroatoms. The van der Waals surface area contributed by atoms with E-state index in [0.717, 1.165) is 10.5 Å². The molecule has 0 radical (unpaired) electrons. The number of hydrogen-bond acceptors (Lipinski definition) is 6. The molecule has 0 atom stereocenters. The smallest absolute Gasteiger partial charge is 0.407 e. The summed E-state index contributed by atoms with van der Waals surface area (Å²) >= 11 is 1.56. The van der Waals surface area contributed by atoms with Crippen LogP contribution in [0, 0.1) is 0 Å². The number of methoxy groups -OCH3 is 3. The Morgan fingerprint density at radius 1 is 1.12 bits per heavy atom. The standard InChI is InChI=1S/C17H27NO5S/c1-17(2,3)23-16(19)18-8-7-12-9-13(21-5)14(22-6)10-15(12)24-11-20-4/h9-10H,7-8,11H2,1-6H3,(H,18,19).